The third kappa shape index (κ3) is 2.15. The van der Waals surface area contributed by atoms with Gasteiger partial charge in [0.2, 0.25) is 0 Å². The minimum absolute atomic E-state index is 0.254. The first-order valence-corrected chi connectivity index (χ1v) is 4.95. The zero-order chi connectivity index (χ0) is 10.1. The van der Waals surface area contributed by atoms with E-state index in [2.05, 4.69) is 0 Å². The number of carbonyl (C=O) groups is 1. The number of hydrogen-bond donors (Lipinski definition) is 2. The molecule has 6 heteroatoms. The molecule has 0 saturated carbocycles. The molecular formula is C7H7NO4P. The number of hydrogen-bond acceptors (Lipinski definition) is 2. The van der Waals surface area contributed by atoms with Gasteiger partial charge < -0.3 is 9.79 Å². The molecule has 1 radical (unpaired) electrons. The lowest BCUT2D eigenvalue weighted by atomic mass is 10.2. The predicted octanol–water partition coefficient (Wildman–Crippen LogP) is -0.0873. The molecule has 0 aliphatic carbocycles. The molecule has 1 aromatic rings. The van der Waals surface area contributed by atoms with Crippen LogP contribution in [0.1, 0.15) is 10.4 Å². The minimum Gasteiger partial charge on any atom is -0.321 e. The van der Waals surface area contributed by atoms with E-state index in [0.29, 0.717) is 0 Å². The Morgan fingerprint density at radius 2 is 1.85 bits per heavy atom. The van der Waals surface area contributed by atoms with Gasteiger partial charge in [0.25, 0.3) is 5.91 Å². The van der Waals surface area contributed by atoms with Crippen LogP contribution < -0.4 is 11.0 Å². The molecule has 0 heterocycles. The number of nitrogens with one attached hydrogen (secondary N) is 1. The first-order valence-electron chi connectivity index (χ1n) is 3.34. The van der Waals surface area contributed by atoms with Gasteiger partial charge in [-0.15, -0.1) is 0 Å². The van der Waals surface area contributed by atoms with Crippen LogP contribution in [-0.4, -0.2) is 15.7 Å². The monoisotopic (exact) mass is 200 g/mol. The summed E-state index contributed by atoms with van der Waals surface area (Å²) >= 11 is 0. The Balaban J connectivity index is 3.37. The molecule has 69 valence electrons. The summed E-state index contributed by atoms with van der Waals surface area (Å²) in [5, 5.41) is -0.394. The first kappa shape index (κ1) is 9.92. The van der Waals surface area contributed by atoms with Gasteiger partial charge in [-0.2, -0.15) is 0 Å². The van der Waals surface area contributed by atoms with Gasteiger partial charge in [0.1, 0.15) is 0 Å². The SMILES string of the molecule is [NH]C(=O)c1ccccc1P(=O)(O)O. The molecule has 0 saturated heterocycles. The highest BCUT2D eigenvalue weighted by atomic mass is 31.2. The molecule has 0 unspecified atom stereocenters. The van der Waals surface area contributed by atoms with E-state index in [9.17, 15) is 9.36 Å². The van der Waals surface area contributed by atoms with Gasteiger partial charge in [-0.25, -0.2) is 0 Å². The summed E-state index contributed by atoms with van der Waals surface area (Å²) in [6.07, 6.45) is 0. The van der Waals surface area contributed by atoms with Crippen LogP contribution >= 0.6 is 7.60 Å². The van der Waals surface area contributed by atoms with E-state index in [1.807, 2.05) is 0 Å². The van der Waals surface area contributed by atoms with Gasteiger partial charge in [0.05, 0.1) is 10.9 Å². The maximum atomic E-state index is 10.8. The van der Waals surface area contributed by atoms with E-state index in [1.54, 1.807) is 0 Å². The Labute approximate surface area is 74.3 Å². The zero-order valence-corrected chi connectivity index (χ0v) is 7.36. The highest BCUT2D eigenvalue weighted by molar-refractivity contribution is 7.60. The lowest BCUT2D eigenvalue weighted by Gasteiger charge is -2.06. The average molecular weight is 200 g/mol. The maximum absolute atomic E-state index is 10.8. The Morgan fingerprint density at radius 1 is 1.31 bits per heavy atom. The highest BCUT2D eigenvalue weighted by Gasteiger charge is 2.23. The van der Waals surface area contributed by atoms with Crippen molar-refractivity contribution >= 4 is 18.8 Å². The van der Waals surface area contributed by atoms with Crippen LogP contribution in [0, 0.1) is 0 Å². The van der Waals surface area contributed by atoms with Gasteiger partial charge in [-0.3, -0.25) is 15.1 Å². The fourth-order valence-corrected chi connectivity index (χ4v) is 1.69. The molecule has 0 spiro atoms. The van der Waals surface area contributed by atoms with Gasteiger partial charge in [0, 0.05) is 0 Å². The summed E-state index contributed by atoms with van der Waals surface area (Å²) in [5.74, 6) is -1.10. The largest absolute Gasteiger partial charge is 0.357 e. The lowest BCUT2D eigenvalue weighted by Crippen LogP contribution is -2.16. The van der Waals surface area contributed by atoms with Crippen LogP contribution in [0.3, 0.4) is 0 Å². The predicted molar refractivity (Wildman–Crippen MR) is 45.5 cm³/mol. The van der Waals surface area contributed by atoms with Crippen molar-refractivity contribution in [3.63, 3.8) is 0 Å². The van der Waals surface area contributed by atoms with Crippen LogP contribution in [0.5, 0.6) is 0 Å². The molecule has 0 aromatic heterocycles. The average Bonchev–Trinajstić information content (AvgIpc) is 2.03. The third-order valence-electron chi connectivity index (χ3n) is 1.46. The van der Waals surface area contributed by atoms with Crippen LogP contribution in [0.15, 0.2) is 24.3 Å². The summed E-state index contributed by atoms with van der Waals surface area (Å²) in [7, 11) is -4.45. The molecule has 1 amide bonds. The number of rotatable bonds is 2. The third-order valence-corrected chi connectivity index (χ3v) is 2.48. The maximum Gasteiger partial charge on any atom is 0.357 e. The van der Waals surface area contributed by atoms with Crippen LogP contribution in [0.25, 0.3) is 0 Å². The fraction of sp³-hybridized carbons (Fsp3) is 0. The number of benzene rings is 1. The van der Waals surface area contributed by atoms with E-state index in [4.69, 9.17) is 15.5 Å². The second-order valence-corrected chi connectivity index (χ2v) is 3.96. The summed E-state index contributed by atoms with van der Waals surface area (Å²) in [6, 6.07) is 5.20. The van der Waals surface area contributed by atoms with E-state index >= 15 is 0 Å². The second-order valence-electron chi connectivity index (χ2n) is 2.39. The lowest BCUT2D eigenvalue weighted by molar-refractivity contribution is 0.0992. The Kier molecular flexibility index (Phi) is 2.52. The zero-order valence-electron chi connectivity index (χ0n) is 6.47. The molecule has 0 aliphatic heterocycles. The molecule has 3 N–H and O–H groups in total. The standard InChI is InChI=1S/C7H7NO4P/c8-7(9)5-3-1-2-4-6(5)13(10,11)12/h1-4,8H,(H2,10,11,12). The number of carbonyl (C=O) groups excluding carboxylic acids is 1. The minimum atomic E-state index is -4.45. The number of amides is 1. The van der Waals surface area contributed by atoms with Gasteiger partial charge in [-0.05, 0) is 12.1 Å². The van der Waals surface area contributed by atoms with E-state index in [0.717, 1.165) is 6.07 Å². The van der Waals surface area contributed by atoms with Gasteiger partial charge in [0.15, 0.2) is 0 Å². The van der Waals surface area contributed by atoms with Crippen molar-refractivity contribution in [2.75, 3.05) is 0 Å². The summed E-state index contributed by atoms with van der Waals surface area (Å²) in [5.41, 5.74) is 6.50. The van der Waals surface area contributed by atoms with Gasteiger partial charge >= 0.3 is 7.60 Å². The van der Waals surface area contributed by atoms with Crippen molar-refractivity contribution in [1.82, 2.24) is 5.73 Å². The van der Waals surface area contributed by atoms with E-state index in [-0.39, 0.29) is 5.56 Å². The Bertz CT molecular complexity index is 384. The first-order chi connectivity index (χ1) is 5.93. The van der Waals surface area contributed by atoms with Crippen molar-refractivity contribution in [2.45, 2.75) is 0 Å². The van der Waals surface area contributed by atoms with E-state index < -0.39 is 18.8 Å². The van der Waals surface area contributed by atoms with E-state index in [1.165, 1.54) is 18.2 Å². The smallest absolute Gasteiger partial charge is 0.321 e. The quantitative estimate of drug-likeness (QED) is 0.652. The normalized spacial score (nSPS) is 11.2. The summed E-state index contributed by atoms with van der Waals surface area (Å²) in [4.78, 5) is 28.2. The van der Waals surface area contributed by atoms with Crippen molar-refractivity contribution in [3.8, 4) is 0 Å². The highest BCUT2D eigenvalue weighted by Crippen LogP contribution is 2.34. The molecule has 0 atom stereocenters. The fourth-order valence-electron chi connectivity index (χ4n) is 0.920. The molecular weight excluding hydrogens is 193 g/mol. The van der Waals surface area contributed by atoms with Crippen molar-refractivity contribution in [3.05, 3.63) is 29.8 Å². The molecule has 0 bridgehead atoms. The summed E-state index contributed by atoms with van der Waals surface area (Å²) < 4.78 is 10.8. The molecule has 0 aliphatic rings. The Morgan fingerprint density at radius 3 is 2.23 bits per heavy atom. The van der Waals surface area contributed by atoms with Crippen molar-refractivity contribution in [2.24, 2.45) is 0 Å². The molecule has 0 fully saturated rings. The summed E-state index contributed by atoms with van der Waals surface area (Å²) in [6.45, 7) is 0. The molecule has 1 aromatic carbocycles. The molecule has 5 nitrogen and oxygen atoms in total. The van der Waals surface area contributed by atoms with Crippen molar-refractivity contribution < 1.29 is 19.1 Å². The van der Waals surface area contributed by atoms with Gasteiger partial charge in [-0.1, -0.05) is 12.1 Å². The van der Waals surface area contributed by atoms with Crippen LogP contribution in [0.2, 0.25) is 0 Å². The van der Waals surface area contributed by atoms with Crippen molar-refractivity contribution in [1.29, 1.82) is 0 Å². The second kappa shape index (κ2) is 3.30. The molecule has 13 heavy (non-hydrogen) atoms. The Hall–Kier alpha value is -1.16. The van der Waals surface area contributed by atoms with Crippen LogP contribution in [-0.2, 0) is 4.57 Å². The topological polar surface area (TPSA) is 98.4 Å². The van der Waals surface area contributed by atoms with Crippen LogP contribution in [0.4, 0.5) is 0 Å². The molecule has 1 rings (SSSR count).